The topological polar surface area (TPSA) is 35.5 Å². The van der Waals surface area contributed by atoms with Crippen molar-refractivity contribution in [2.75, 3.05) is 0 Å². The summed E-state index contributed by atoms with van der Waals surface area (Å²) in [5, 5.41) is 0. The molecule has 0 amide bonds. The number of hydrogen-bond acceptors (Lipinski definition) is 3. The molecule has 1 saturated heterocycles. The second kappa shape index (κ2) is 5.01. The largest absolute Gasteiger partial charge is 0.494 e. The molecule has 1 aliphatic rings. The highest BCUT2D eigenvalue weighted by Crippen LogP contribution is 2.36. The predicted octanol–water partition coefficient (Wildman–Crippen LogP) is 2.92. The fourth-order valence-corrected chi connectivity index (χ4v) is 2.33. The second-order valence-electron chi connectivity index (χ2n) is 6.75. The first-order valence-electron chi connectivity index (χ1n) is 7.12. The summed E-state index contributed by atoms with van der Waals surface area (Å²) in [5.74, 6) is 0.289. The highest BCUT2D eigenvalue weighted by molar-refractivity contribution is 6.62. The lowest BCUT2D eigenvalue weighted by molar-refractivity contribution is 0.00578. The maximum Gasteiger partial charge on any atom is 0.494 e. The van der Waals surface area contributed by atoms with Gasteiger partial charge >= 0.3 is 7.12 Å². The zero-order valence-electron chi connectivity index (χ0n) is 13.2. The van der Waals surface area contributed by atoms with Gasteiger partial charge in [-0.2, -0.15) is 0 Å². The summed E-state index contributed by atoms with van der Waals surface area (Å²) in [6, 6.07) is 5.79. The first-order chi connectivity index (χ1) is 9.18. The molecule has 0 aliphatic carbocycles. The first kappa shape index (κ1) is 15.3. The van der Waals surface area contributed by atoms with Gasteiger partial charge in [0.1, 0.15) is 6.29 Å². The van der Waals surface area contributed by atoms with Crippen molar-refractivity contribution in [2.45, 2.75) is 58.7 Å². The molecule has 1 aromatic carbocycles. The molecule has 0 saturated carbocycles. The van der Waals surface area contributed by atoms with Gasteiger partial charge in [0.15, 0.2) is 0 Å². The molecule has 4 heteroatoms. The van der Waals surface area contributed by atoms with Crippen molar-refractivity contribution in [3.63, 3.8) is 0 Å². The fraction of sp³-hybridized carbons (Fsp3) is 0.562. The van der Waals surface area contributed by atoms with Gasteiger partial charge in [-0.1, -0.05) is 32.0 Å². The third-order valence-electron chi connectivity index (χ3n) is 4.39. The van der Waals surface area contributed by atoms with E-state index in [1.54, 1.807) is 0 Å². The minimum Gasteiger partial charge on any atom is -0.399 e. The maximum absolute atomic E-state index is 11.1. The minimum atomic E-state index is -0.377. The zero-order chi connectivity index (χ0) is 15.1. The third kappa shape index (κ3) is 2.55. The molecule has 3 nitrogen and oxygen atoms in total. The van der Waals surface area contributed by atoms with Crippen LogP contribution < -0.4 is 5.46 Å². The summed E-state index contributed by atoms with van der Waals surface area (Å²) in [4.78, 5) is 11.1. The van der Waals surface area contributed by atoms with Crippen LogP contribution in [0.4, 0.5) is 0 Å². The van der Waals surface area contributed by atoms with Gasteiger partial charge < -0.3 is 9.31 Å². The van der Waals surface area contributed by atoms with E-state index >= 15 is 0 Å². The molecule has 1 fully saturated rings. The SMILES string of the molecule is CC(C)c1cc(B2OC(C)(C)C(C)(C)O2)ccc1C=O. The smallest absolute Gasteiger partial charge is 0.399 e. The van der Waals surface area contributed by atoms with E-state index in [0.29, 0.717) is 0 Å². The van der Waals surface area contributed by atoms with Crippen LogP contribution in [0.15, 0.2) is 18.2 Å². The van der Waals surface area contributed by atoms with Crippen molar-refractivity contribution in [3.8, 4) is 0 Å². The molecule has 0 unspecified atom stereocenters. The van der Waals surface area contributed by atoms with Gasteiger partial charge in [0, 0.05) is 5.56 Å². The number of aldehydes is 1. The normalized spacial score (nSPS) is 20.4. The number of hydrogen-bond donors (Lipinski definition) is 0. The molecule has 2 rings (SSSR count). The lowest BCUT2D eigenvalue weighted by Gasteiger charge is -2.32. The molecule has 1 heterocycles. The Morgan fingerprint density at radius 3 is 2.10 bits per heavy atom. The van der Waals surface area contributed by atoms with Crippen molar-refractivity contribution in [1.29, 1.82) is 0 Å². The highest BCUT2D eigenvalue weighted by Gasteiger charge is 2.51. The Labute approximate surface area is 121 Å². The quantitative estimate of drug-likeness (QED) is 0.628. The monoisotopic (exact) mass is 274 g/mol. The van der Waals surface area contributed by atoms with Crippen LogP contribution in [-0.4, -0.2) is 24.6 Å². The maximum atomic E-state index is 11.1. The van der Waals surface area contributed by atoms with Crippen molar-refractivity contribution >= 4 is 18.9 Å². The van der Waals surface area contributed by atoms with E-state index in [2.05, 4.69) is 13.8 Å². The molecule has 0 radical (unpaired) electrons. The molecule has 0 spiro atoms. The minimum absolute atomic E-state index is 0.289. The highest BCUT2D eigenvalue weighted by atomic mass is 16.7. The van der Waals surface area contributed by atoms with Gasteiger partial charge in [0.05, 0.1) is 11.2 Å². The van der Waals surface area contributed by atoms with Crippen LogP contribution >= 0.6 is 0 Å². The summed E-state index contributed by atoms with van der Waals surface area (Å²) < 4.78 is 12.1. The van der Waals surface area contributed by atoms with Gasteiger partial charge in [0.25, 0.3) is 0 Å². The Bertz CT molecular complexity index is 504. The molecule has 1 aromatic rings. The van der Waals surface area contributed by atoms with Crippen LogP contribution in [0.25, 0.3) is 0 Å². The van der Waals surface area contributed by atoms with Crippen molar-refractivity contribution in [3.05, 3.63) is 29.3 Å². The van der Waals surface area contributed by atoms with Crippen LogP contribution in [0.1, 0.15) is 63.4 Å². The Morgan fingerprint density at radius 2 is 1.65 bits per heavy atom. The Hall–Kier alpha value is -1.13. The molecule has 0 bridgehead atoms. The first-order valence-corrected chi connectivity index (χ1v) is 7.12. The van der Waals surface area contributed by atoms with Crippen molar-refractivity contribution in [1.82, 2.24) is 0 Å². The average molecular weight is 274 g/mol. The summed E-state index contributed by atoms with van der Waals surface area (Å²) >= 11 is 0. The van der Waals surface area contributed by atoms with Gasteiger partial charge in [0.2, 0.25) is 0 Å². The van der Waals surface area contributed by atoms with Gasteiger partial charge in [-0.3, -0.25) is 4.79 Å². The van der Waals surface area contributed by atoms with E-state index in [-0.39, 0.29) is 24.2 Å². The van der Waals surface area contributed by atoms with E-state index in [4.69, 9.17) is 9.31 Å². The van der Waals surface area contributed by atoms with Crippen LogP contribution in [0.3, 0.4) is 0 Å². The van der Waals surface area contributed by atoms with Gasteiger partial charge in [-0.05, 0) is 44.6 Å². The summed E-state index contributed by atoms with van der Waals surface area (Å²) in [5.41, 5.74) is 2.04. The fourth-order valence-electron chi connectivity index (χ4n) is 2.33. The van der Waals surface area contributed by atoms with Gasteiger partial charge in [-0.25, -0.2) is 0 Å². The van der Waals surface area contributed by atoms with E-state index in [1.807, 2.05) is 45.9 Å². The molecule has 0 N–H and O–H groups in total. The number of rotatable bonds is 3. The lowest BCUT2D eigenvalue weighted by atomic mass is 9.76. The van der Waals surface area contributed by atoms with Gasteiger partial charge in [-0.15, -0.1) is 0 Å². The zero-order valence-corrected chi connectivity index (χ0v) is 13.2. The predicted molar refractivity (Wildman–Crippen MR) is 81.6 cm³/mol. The second-order valence-corrected chi connectivity index (χ2v) is 6.75. The molecule has 0 aromatic heterocycles. The van der Waals surface area contributed by atoms with E-state index in [1.165, 1.54) is 0 Å². The van der Waals surface area contributed by atoms with E-state index < -0.39 is 0 Å². The Morgan fingerprint density at radius 1 is 1.10 bits per heavy atom. The standard InChI is InChI=1S/C16H23BO3/c1-11(2)14-9-13(8-7-12(14)10-18)17-19-15(3,4)16(5,6)20-17/h7-11H,1-6H3. The molecule has 0 atom stereocenters. The van der Waals surface area contributed by atoms with E-state index in [0.717, 1.165) is 22.9 Å². The number of carbonyl (C=O) groups is 1. The molecule has 20 heavy (non-hydrogen) atoms. The molecule has 108 valence electrons. The molecular formula is C16H23BO3. The lowest BCUT2D eigenvalue weighted by Crippen LogP contribution is -2.41. The third-order valence-corrected chi connectivity index (χ3v) is 4.39. The van der Waals surface area contributed by atoms with Crippen LogP contribution in [0.2, 0.25) is 0 Å². The van der Waals surface area contributed by atoms with Crippen molar-refractivity contribution in [2.24, 2.45) is 0 Å². The molecule has 1 aliphatic heterocycles. The van der Waals surface area contributed by atoms with Crippen LogP contribution in [-0.2, 0) is 9.31 Å². The number of carbonyl (C=O) groups excluding carboxylic acids is 1. The van der Waals surface area contributed by atoms with Crippen LogP contribution in [0, 0.1) is 0 Å². The van der Waals surface area contributed by atoms with E-state index in [9.17, 15) is 4.79 Å². The Balaban J connectivity index is 2.36. The molecular weight excluding hydrogens is 251 g/mol. The average Bonchev–Trinajstić information content (AvgIpc) is 2.57. The Kier molecular flexibility index (Phi) is 3.82. The summed E-state index contributed by atoms with van der Waals surface area (Å²) in [7, 11) is -0.377. The summed E-state index contributed by atoms with van der Waals surface area (Å²) in [6.45, 7) is 12.3. The number of benzene rings is 1. The van der Waals surface area contributed by atoms with Crippen molar-refractivity contribution < 1.29 is 14.1 Å². The summed E-state index contributed by atoms with van der Waals surface area (Å²) in [6.07, 6.45) is 0.906. The van der Waals surface area contributed by atoms with Crippen LogP contribution in [0.5, 0.6) is 0 Å².